The summed E-state index contributed by atoms with van der Waals surface area (Å²) in [5, 5.41) is 3.06. The summed E-state index contributed by atoms with van der Waals surface area (Å²) in [5.74, 6) is -0.130. The molecule has 1 heterocycles. The fourth-order valence-corrected chi connectivity index (χ4v) is 7.97. The average Bonchev–Trinajstić information content (AvgIpc) is 2.91. The molecule has 4 heteroatoms. The Hall–Kier alpha value is -0.950. The smallest absolute Gasteiger partial charge is 0.264 e. The van der Waals surface area contributed by atoms with Gasteiger partial charge in [0.15, 0.2) is 0 Å². The van der Waals surface area contributed by atoms with Crippen molar-refractivity contribution in [2.45, 2.75) is 46.2 Å². The van der Waals surface area contributed by atoms with Crippen LogP contribution in [0.5, 0.6) is 0 Å². The normalized spacial score (nSPS) is 18.5. The number of hydrogen-bond acceptors (Lipinski definition) is 1. The maximum atomic E-state index is 13.4. The van der Waals surface area contributed by atoms with Gasteiger partial charge in [0.05, 0.1) is 18.5 Å². The van der Waals surface area contributed by atoms with E-state index in [0.29, 0.717) is 0 Å². The molecule has 1 aliphatic rings. The van der Waals surface area contributed by atoms with Gasteiger partial charge in [0.25, 0.3) is 5.91 Å². The lowest BCUT2D eigenvalue weighted by Crippen LogP contribution is -2.30. The number of anilines is 1. The van der Waals surface area contributed by atoms with Gasteiger partial charge in [-0.3, -0.25) is 4.79 Å². The van der Waals surface area contributed by atoms with Crippen LogP contribution in [0, 0.1) is 19.7 Å². The molecule has 1 N–H and O–H groups in total. The average molecular weight is 310 g/mol. The van der Waals surface area contributed by atoms with Gasteiger partial charge in [0.2, 0.25) is 0 Å². The maximum Gasteiger partial charge on any atom is 0.264 e. The SMILES string of the molecule is CC[P+]1(C(C)C(=O)Nc2c(C)cc(F)cc2C)CCCC1. The van der Waals surface area contributed by atoms with Crippen LogP contribution in [0.2, 0.25) is 0 Å². The number of nitrogens with one attached hydrogen (secondary N) is 1. The Labute approximate surface area is 127 Å². The molecule has 1 aromatic carbocycles. The molecule has 2 rings (SSSR count). The largest absolute Gasteiger partial charge is 0.322 e. The van der Waals surface area contributed by atoms with Gasteiger partial charge in [0, 0.05) is 12.9 Å². The highest BCUT2D eigenvalue weighted by Gasteiger charge is 2.47. The van der Waals surface area contributed by atoms with E-state index in [2.05, 4.69) is 19.2 Å². The monoisotopic (exact) mass is 310 g/mol. The number of amides is 1. The van der Waals surface area contributed by atoms with Crippen LogP contribution in [0.4, 0.5) is 10.1 Å². The van der Waals surface area contributed by atoms with E-state index in [-0.39, 0.29) is 17.4 Å². The molecule has 1 amide bonds. The summed E-state index contributed by atoms with van der Waals surface area (Å²) in [4.78, 5) is 12.7. The lowest BCUT2D eigenvalue weighted by atomic mass is 10.1. The van der Waals surface area contributed by atoms with Crippen LogP contribution in [0.3, 0.4) is 0 Å². The lowest BCUT2D eigenvalue weighted by Gasteiger charge is -2.27. The molecule has 0 aromatic heterocycles. The zero-order valence-electron chi connectivity index (χ0n) is 13.5. The molecule has 1 aliphatic heterocycles. The number of carbonyl (C=O) groups excluding carboxylic acids is 1. The minimum atomic E-state index is -1.14. The quantitative estimate of drug-likeness (QED) is 0.809. The molecule has 2 nitrogen and oxygen atoms in total. The predicted molar refractivity (Wildman–Crippen MR) is 90.4 cm³/mol. The van der Waals surface area contributed by atoms with Crippen molar-refractivity contribution in [3.63, 3.8) is 0 Å². The van der Waals surface area contributed by atoms with Crippen LogP contribution >= 0.6 is 7.26 Å². The number of hydrogen-bond donors (Lipinski definition) is 1. The predicted octanol–water partition coefficient (Wildman–Crippen LogP) is 4.60. The molecule has 0 bridgehead atoms. The van der Waals surface area contributed by atoms with Crippen molar-refractivity contribution >= 4 is 18.9 Å². The standard InChI is InChI=1S/C17H25FNOP/c1-5-21(8-6-7-9-21)14(4)17(20)19-16-12(2)10-15(18)11-13(16)3/h10-11,14H,5-9H2,1-4H3/p+1. The number of rotatable bonds is 4. The topological polar surface area (TPSA) is 29.1 Å². The van der Waals surface area contributed by atoms with E-state index in [1.807, 2.05) is 13.8 Å². The third-order valence-corrected chi connectivity index (χ3v) is 10.6. The van der Waals surface area contributed by atoms with Crippen molar-refractivity contribution in [1.29, 1.82) is 0 Å². The van der Waals surface area contributed by atoms with Crippen molar-refractivity contribution in [1.82, 2.24) is 0 Å². The number of benzene rings is 1. The molecule has 0 aliphatic carbocycles. The molecule has 0 saturated carbocycles. The number of carbonyl (C=O) groups is 1. The molecule has 1 aromatic rings. The summed E-state index contributed by atoms with van der Waals surface area (Å²) in [6.45, 7) is 8.01. The van der Waals surface area contributed by atoms with E-state index in [0.717, 1.165) is 23.0 Å². The number of halogens is 1. The van der Waals surface area contributed by atoms with Gasteiger partial charge in [-0.1, -0.05) is 0 Å². The van der Waals surface area contributed by atoms with E-state index in [1.165, 1.54) is 37.3 Å². The Balaban J connectivity index is 2.18. The zero-order chi connectivity index (χ0) is 15.6. The molecule has 116 valence electrons. The first-order valence-electron chi connectivity index (χ1n) is 7.83. The van der Waals surface area contributed by atoms with Gasteiger partial charge in [-0.15, -0.1) is 0 Å². The number of aryl methyl sites for hydroxylation is 2. The lowest BCUT2D eigenvalue weighted by molar-refractivity contribution is -0.115. The van der Waals surface area contributed by atoms with Gasteiger partial charge in [-0.25, -0.2) is 4.39 Å². The highest BCUT2D eigenvalue weighted by molar-refractivity contribution is 7.77. The second-order valence-corrected chi connectivity index (χ2v) is 11.0. The first kappa shape index (κ1) is 16.4. The Morgan fingerprint density at radius 3 is 2.29 bits per heavy atom. The summed E-state index contributed by atoms with van der Waals surface area (Å²) in [7, 11) is -1.14. The van der Waals surface area contributed by atoms with Crippen molar-refractivity contribution in [2.24, 2.45) is 0 Å². The maximum absolute atomic E-state index is 13.4. The van der Waals surface area contributed by atoms with E-state index in [1.54, 1.807) is 0 Å². The van der Waals surface area contributed by atoms with Crippen molar-refractivity contribution in [3.8, 4) is 0 Å². The molecule has 1 atom stereocenters. The van der Waals surface area contributed by atoms with Crippen LogP contribution < -0.4 is 5.32 Å². The second-order valence-electron chi connectivity index (χ2n) is 6.27. The molecule has 0 radical (unpaired) electrons. The van der Waals surface area contributed by atoms with Gasteiger partial charge in [-0.05, 0) is 63.8 Å². The van der Waals surface area contributed by atoms with Crippen LogP contribution in [-0.2, 0) is 4.79 Å². The Bertz CT molecular complexity index is 515. The van der Waals surface area contributed by atoms with E-state index < -0.39 is 7.26 Å². The zero-order valence-corrected chi connectivity index (χ0v) is 14.4. The molecule has 1 unspecified atom stereocenters. The summed E-state index contributed by atoms with van der Waals surface area (Å²) in [6.07, 6.45) is 6.20. The van der Waals surface area contributed by atoms with Gasteiger partial charge in [0.1, 0.15) is 11.5 Å². The highest BCUT2D eigenvalue weighted by atomic mass is 31.2. The van der Waals surface area contributed by atoms with E-state index >= 15 is 0 Å². The van der Waals surface area contributed by atoms with E-state index in [4.69, 9.17) is 0 Å². The van der Waals surface area contributed by atoms with Crippen LogP contribution in [0.25, 0.3) is 0 Å². The molecule has 1 saturated heterocycles. The first-order valence-corrected chi connectivity index (χ1v) is 10.2. The summed E-state index contributed by atoms with van der Waals surface area (Å²) >= 11 is 0. The van der Waals surface area contributed by atoms with Crippen LogP contribution in [0.15, 0.2) is 12.1 Å². The van der Waals surface area contributed by atoms with Crippen molar-refractivity contribution in [2.75, 3.05) is 23.8 Å². The minimum absolute atomic E-state index is 0.105. The third kappa shape index (κ3) is 3.29. The molecule has 21 heavy (non-hydrogen) atoms. The Morgan fingerprint density at radius 2 is 1.81 bits per heavy atom. The molecule has 0 spiro atoms. The third-order valence-electron chi connectivity index (χ3n) is 5.03. The van der Waals surface area contributed by atoms with Gasteiger partial charge >= 0.3 is 0 Å². The van der Waals surface area contributed by atoms with Crippen molar-refractivity contribution in [3.05, 3.63) is 29.1 Å². The first-order chi connectivity index (χ1) is 9.89. The molecule has 1 fully saturated rings. The van der Waals surface area contributed by atoms with Crippen LogP contribution in [0.1, 0.15) is 37.8 Å². The second kappa shape index (κ2) is 6.44. The summed E-state index contributed by atoms with van der Waals surface area (Å²) in [6, 6.07) is 2.96. The van der Waals surface area contributed by atoms with Gasteiger partial charge < -0.3 is 5.32 Å². The fraction of sp³-hybridized carbons (Fsp3) is 0.588. The van der Waals surface area contributed by atoms with Crippen LogP contribution in [-0.4, -0.2) is 30.1 Å². The summed E-state index contributed by atoms with van der Waals surface area (Å²) in [5.41, 5.74) is 2.47. The van der Waals surface area contributed by atoms with Gasteiger partial charge in [-0.2, -0.15) is 0 Å². The Morgan fingerprint density at radius 1 is 1.29 bits per heavy atom. The molecular weight excluding hydrogens is 284 g/mol. The Kier molecular flexibility index (Phi) is 5.03. The van der Waals surface area contributed by atoms with E-state index in [9.17, 15) is 9.18 Å². The fourth-order valence-electron chi connectivity index (χ4n) is 3.53. The van der Waals surface area contributed by atoms with Crippen molar-refractivity contribution < 1.29 is 9.18 Å². The minimum Gasteiger partial charge on any atom is -0.322 e. The molecular formula is C17H26FNOP+. The highest BCUT2D eigenvalue weighted by Crippen LogP contribution is 2.67. The summed E-state index contributed by atoms with van der Waals surface area (Å²) < 4.78 is 13.4.